The van der Waals surface area contributed by atoms with Crippen molar-refractivity contribution in [1.82, 2.24) is 0 Å². The summed E-state index contributed by atoms with van der Waals surface area (Å²) >= 11 is 0. The lowest BCUT2D eigenvalue weighted by molar-refractivity contribution is -0.387. The van der Waals surface area contributed by atoms with Gasteiger partial charge in [0.05, 0.1) is 24.2 Å². The average Bonchev–Trinajstić information content (AvgIpc) is 3.67. The third-order valence-electron chi connectivity index (χ3n) is 14.6. The number of aliphatic imine (C=N–C) groups is 1. The third-order valence-corrected chi connectivity index (χ3v) is 14.6. The number of rotatable bonds is 1. The predicted octanol–water partition coefficient (Wildman–Crippen LogP) is 8.15. The molecule has 6 aliphatic heterocycles. The second-order valence-corrected chi connectivity index (χ2v) is 18.5. The van der Waals surface area contributed by atoms with Crippen molar-refractivity contribution in [1.29, 1.82) is 0 Å². The molecule has 0 saturated carbocycles. The largest absolute Gasteiger partial charge is 0.458 e. The van der Waals surface area contributed by atoms with Crippen molar-refractivity contribution in [2.24, 2.45) is 40.0 Å². The van der Waals surface area contributed by atoms with Crippen molar-refractivity contribution in [3.8, 4) is 0 Å². The van der Waals surface area contributed by atoms with E-state index >= 15 is 0 Å². The molecule has 2 N–H and O–H groups in total. The van der Waals surface area contributed by atoms with Gasteiger partial charge in [-0.15, -0.1) is 0 Å². The Morgan fingerprint density at radius 3 is 2.47 bits per heavy atom. The molecule has 7 aliphatic rings. The molecule has 8 nitrogen and oxygen atoms in total. The van der Waals surface area contributed by atoms with Crippen LogP contribution in [0.1, 0.15) is 138 Å². The van der Waals surface area contributed by atoms with Gasteiger partial charge in [0.1, 0.15) is 11.7 Å². The van der Waals surface area contributed by atoms with Crippen molar-refractivity contribution < 1.29 is 34.0 Å². The molecule has 0 unspecified atom stereocenters. The minimum Gasteiger partial charge on any atom is -0.458 e. The first-order valence-corrected chi connectivity index (χ1v) is 20.3. The summed E-state index contributed by atoms with van der Waals surface area (Å²) in [5.41, 5.74) is 4.70. The number of cyclic esters (lactones) is 1. The van der Waals surface area contributed by atoms with E-state index in [1.54, 1.807) is 0 Å². The van der Waals surface area contributed by atoms with Crippen molar-refractivity contribution in [2.75, 3.05) is 6.54 Å². The van der Waals surface area contributed by atoms with Crippen LogP contribution in [0.2, 0.25) is 0 Å². The summed E-state index contributed by atoms with van der Waals surface area (Å²) in [4.78, 5) is 18.1. The lowest BCUT2D eigenvalue weighted by Gasteiger charge is -2.49. The normalized spacial score (nSPS) is 49.4. The van der Waals surface area contributed by atoms with Crippen LogP contribution in [-0.2, 0) is 23.7 Å². The van der Waals surface area contributed by atoms with E-state index < -0.39 is 23.3 Å². The first kappa shape index (κ1) is 37.5. The van der Waals surface area contributed by atoms with E-state index in [1.165, 1.54) is 22.4 Å². The SMILES string of the molecule is C=C1CCCC2=NC[C@@H](C)[C@H](C)C[C@@]23CCC([C@@H]2C[C@@H](C)C(=O)O2)=C(C)[C@H]3/C=C(\C)[C@H](O)C[C@@H]2O[C@]3(CC[C@@]4(O[C@@H](CC[C@]4(C)O)C1)O3)C[C@H]2C. The van der Waals surface area contributed by atoms with Crippen LogP contribution in [0, 0.1) is 35.0 Å². The molecule has 0 aromatic rings. The Morgan fingerprint density at radius 1 is 0.941 bits per heavy atom. The Morgan fingerprint density at radius 2 is 1.73 bits per heavy atom. The van der Waals surface area contributed by atoms with Gasteiger partial charge in [-0.1, -0.05) is 51.5 Å². The van der Waals surface area contributed by atoms with Crippen molar-refractivity contribution in [3.63, 3.8) is 0 Å². The summed E-state index contributed by atoms with van der Waals surface area (Å²) < 4.78 is 26.4. The highest BCUT2D eigenvalue weighted by Gasteiger charge is 2.64. The zero-order valence-electron chi connectivity index (χ0n) is 32.5. The molecule has 4 saturated heterocycles. The van der Waals surface area contributed by atoms with Crippen molar-refractivity contribution in [3.05, 3.63) is 34.9 Å². The van der Waals surface area contributed by atoms with E-state index in [2.05, 4.69) is 47.3 Å². The molecule has 0 radical (unpaired) electrons. The molecular weight excluding hydrogens is 642 g/mol. The van der Waals surface area contributed by atoms with Gasteiger partial charge in [0.2, 0.25) is 5.79 Å². The molecule has 3 spiro atoms. The minimum atomic E-state index is -1.12. The number of hydrogen-bond donors (Lipinski definition) is 2. The Hall–Kier alpha value is -1.84. The third kappa shape index (κ3) is 6.77. The fourth-order valence-corrected chi connectivity index (χ4v) is 11.1. The Labute approximate surface area is 306 Å². The van der Waals surface area contributed by atoms with Gasteiger partial charge in [0.25, 0.3) is 0 Å². The van der Waals surface area contributed by atoms with Crippen LogP contribution in [0.3, 0.4) is 0 Å². The standard InChI is InChI=1S/C43H65NO7/c1-25-10-9-11-38-41(22-28(4)30(6)24-44-38)15-13-33(37-20-27(3)39(46)48-37)31(7)34(41)19-26(2)35(45)21-36-29(5)23-42(50-36)16-17-43(51-42)40(8,47)14-12-32(18-25)49-43/h19,27-30,32,34-37,45,47H,1,9-18,20-24H2,2-8H3/b26-19+/t27-,28-,29-,30-,32+,34-,35-,36+,37+,40+,41-,42+,43-/m1/s1. The van der Waals surface area contributed by atoms with Gasteiger partial charge in [0.15, 0.2) is 5.79 Å². The molecule has 8 heteroatoms. The number of carbonyl (C=O) groups is 1. The van der Waals surface area contributed by atoms with Crippen molar-refractivity contribution in [2.45, 2.75) is 180 Å². The topological polar surface area (TPSA) is 107 Å². The second-order valence-electron chi connectivity index (χ2n) is 18.5. The summed E-state index contributed by atoms with van der Waals surface area (Å²) in [5, 5.41) is 23.6. The van der Waals surface area contributed by atoms with Gasteiger partial charge in [-0.25, -0.2) is 0 Å². The average molecular weight is 708 g/mol. The highest BCUT2D eigenvalue weighted by Crippen LogP contribution is 2.57. The zero-order valence-corrected chi connectivity index (χ0v) is 32.5. The van der Waals surface area contributed by atoms with Crippen LogP contribution in [-0.4, -0.2) is 70.0 Å². The van der Waals surface area contributed by atoms with Gasteiger partial charge in [0, 0.05) is 55.7 Å². The molecule has 0 amide bonds. The first-order valence-electron chi connectivity index (χ1n) is 20.3. The Kier molecular flexibility index (Phi) is 10.1. The smallest absolute Gasteiger partial charge is 0.309 e. The van der Waals surface area contributed by atoms with Crippen LogP contribution in [0.15, 0.2) is 39.9 Å². The maximum Gasteiger partial charge on any atom is 0.309 e. The lowest BCUT2D eigenvalue weighted by Crippen LogP contribution is -2.60. The summed E-state index contributed by atoms with van der Waals surface area (Å²) in [6, 6.07) is 0. The highest BCUT2D eigenvalue weighted by molar-refractivity contribution is 5.92. The fourth-order valence-electron chi connectivity index (χ4n) is 11.1. The molecule has 6 heterocycles. The van der Waals surface area contributed by atoms with Gasteiger partial charge in [-0.2, -0.15) is 0 Å². The Balaban J connectivity index is 1.27. The number of ether oxygens (including phenoxy) is 4. The molecule has 1 aliphatic carbocycles. The van der Waals surface area contributed by atoms with Gasteiger partial charge >= 0.3 is 5.97 Å². The molecule has 51 heavy (non-hydrogen) atoms. The zero-order chi connectivity index (χ0) is 36.5. The first-order chi connectivity index (χ1) is 24.1. The molecule has 13 atom stereocenters. The van der Waals surface area contributed by atoms with E-state index in [9.17, 15) is 15.0 Å². The number of fused-ring (bicyclic) bond motifs is 2. The van der Waals surface area contributed by atoms with Gasteiger partial charge < -0.3 is 29.2 Å². The molecule has 4 bridgehead atoms. The van der Waals surface area contributed by atoms with Gasteiger partial charge in [-0.3, -0.25) is 9.79 Å². The summed E-state index contributed by atoms with van der Waals surface area (Å²) in [6.07, 6.45) is 12.2. The van der Waals surface area contributed by atoms with Gasteiger partial charge in [-0.05, 0) is 107 Å². The van der Waals surface area contributed by atoms with E-state index in [0.717, 1.165) is 69.9 Å². The molecule has 284 valence electrons. The fraction of sp³-hybridized carbons (Fsp3) is 0.814. The van der Waals surface area contributed by atoms with Crippen molar-refractivity contribution >= 4 is 11.7 Å². The molecule has 0 aromatic carbocycles. The molecular formula is C43H65NO7. The maximum absolute atomic E-state index is 12.6. The van der Waals surface area contributed by atoms with Crippen LogP contribution in [0.4, 0.5) is 0 Å². The summed E-state index contributed by atoms with van der Waals surface area (Å²) in [6.45, 7) is 20.5. The van der Waals surface area contributed by atoms with Crippen LogP contribution < -0.4 is 0 Å². The molecule has 4 fully saturated rings. The van der Waals surface area contributed by atoms with Crippen LogP contribution in [0.5, 0.6) is 0 Å². The lowest BCUT2D eigenvalue weighted by atomic mass is 9.56. The number of allylic oxidation sites excluding steroid dienone is 2. The van der Waals surface area contributed by atoms with E-state index in [1.807, 2.05) is 13.8 Å². The second kappa shape index (κ2) is 13.8. The van der Waals surface area contributed by atoms with Crippen LogP contribution >= 0.6 is 0 Å². The van der Waals surface area contributed by atoms with E-state index in [-0.39, 0.29) is 47.4 Å². The predicted molar refractivity (Wildman–Crippen MR) is 198 cm³/mol. The number of aliphatic hydroxyl groups is 2. The molecule has 7 rings (SSSR count). The summed E-state index contributed by atoms with van der Waals surface area (Å²) in [5.74, 6) is -0.927. The van der Waals surface area contributed by atoms with E-state index in [4.69, 9.17) is 23.9 Å². The number of esters is 1. The number of carbonyl (C=O) groups excluding carboxylic acids is 1. The monoisotopic (exact) mass is 707 g/mol. The Bertz CT molecular complexity index is 1480. The highest BCUT2D eigenvalue weighted by atomic mass is 16.8. The number of nitrogens with zero attached hydrogens (tertiary/aromatic N) is 1. The number of aliphatic hydroxyl groups excluding tert-OH is 1. The maximum atomic E-state index is 12.6. The molecule has 0 aromatic heterocycles. The minimum absolute atomic E-state index is 0.0449. The quantitative estimate of drug-likeness (QED) is 0.209. The summed E-state index contributed by atoms with van der Waals surface area (Å²) in [7, 11) is 0. The van der Waals surface area contributed by atoms with Crippen LogP contribution in [0.25, 0.3) is 0 Å². The number of hydrogen-bond acceptors (Lipinski definition) is 8. The van der Waals surface area contributed by atoms with E-state index in [0.29, 0.717) is 43.9 Å².